The third kappa shape index (κ3) is 3.65. The lowest BCUT2D eigenvalue weighted by Gasteiger charge is -2.36. The smallest absolute Gasteiger partial charge is 0.322 e. The number of carbonyl (C=O) groups excluding carboxylic acids is 1. The van der Waals surface area contributed by atoms with Gasteiger partial charge in [0.15, 0.2) is 0 Å². The molecule has 1 aliphatic rings. The SMILES string of the molecule is Cc1ccc([C@@H]2c3[nH]c4ccc(Cl)cc4c3CCN2C(=O)Nc2ccc(C)cc2C)cc1. The number of aromatic amines is 1. The number of benzene rings is 3. The molecule has 1 aromatic heterocycles. The normalized spacial score (nSPS) is 15.6. The van der Waals surface area contributed by atoms with Crippen LogP contribution in [0.25, 0.3) is 10.9 Å². The van der Waals surface area contributed by atoms with Gasteiger partial charge >= 0.3 is 6.03 Å². The quantitative estimate of drug-likeness (QED) is 0.347. The maximum absolute atomic E-state index is 13.5. The predicted octanol–water partition coefficient (Wildman–Crippen LogP) is 6.93. The molecular weight excluding hydrogens is 418 g/mol. The van der Waals surface area contributed by atoms with E-state index in [4.69, 9.17) is 11.6 Å². The van der Waals surface area contributed by atoms with E-state index in [9.17, 15) is 4.79 Å². The summed E-state index contributed by atoms with van der Waals surface area (Å²) >= 11 is 6.30. The van der Waals surface area contributed by atoms with Crippen molar-refractivity contribution in [2.75, 3.05) is 11.9 Å². The number of halogens is 1. The van der Waals surface area contributed by atoms with Gasteiger partial charge in [-0.2, -0.15) is 0 Å². The molecule has 0 fully saturated rings. The molecule has 3 aromatic carbocycles. The first kappa shape index (κ1) is 20.7. The summed E-state index contributed by atoms with van der Waals surface area (Å²) in [5, 5.41) is 5.01. The van der Waals surface area contributed by atoms with Crippen molar-refractivity contribution in [1.82, 2.24) is 9.88 Å². The Balaban J connectivity index is 1.58. The fourth-order valence-corrected chi connectivity index (χ4v) is 4.89. The van der Waals surface area contributed by atoms with Crippen LogP contribution in [0.3, 0.4) is 0 Å². The summed E-state index contributed by atoms with van der Waals surface area (Å²) in [6.07, 6.45) is 0.776. The summed E-state index contributed by atoms with van der Waals surface area (Å²) in [5.74, 6) is 0. The van der Waals surface area contributed by atoms with Crippen molar-refractivity contribution in [2.45, 2.75) is 33.2 Å². The molecule has 0 spiro atoms. The minimum Gasteiger partial charge on any atom is -0.356 e. The average Bonchev–Trinajstić information content (AvgIpc) is 3.13. The summed E-state index contributed by atoms with van der Waals surface area (Å²) in [7, 11) is 0. The number of rotatable bonds is 2. The molecule has 162 valence electrons. The molecule has 0 saturated heterocycles. The van der Waals surface area contributed by atoms with E-state index >= 15 is 0 Å². The highest BCUT2D eigenvalue weighted by atomic mass is 35.5. The second kappa shape index (κ2) is 8.03. The van der Waals surface area contributed by atoms with E-state index < -0.39 is 0 Å². The number of aryl methyl sites for hydroxylation is 3. The molecule has 0 radical (unpaired) electrons. The molecule has 0 unspecified atom stereocenters. The van der Waals surface area contributed by atoms with Gasteiger partial charge in [0, 0.05) is 33.9 Å². The van der Waals surface area contributed by atoms with Crippen molar-refractivity contribution in [3.63, 3.8) is 0 Å². The highest BCUT2D eigenvalue weighted by molar-refractivity contribution is 6.31. The van der Waals surface area contributed by atoms with E-state index in [1.54, 1.807) is 0 Å². The zero-order valence-electron chi connectivity index (χ0n) is 18.5. The molecule has 0 aliphatic carbocycles. The van der Waals surface area contributed by atoms with Crippen LogP contribution in [0.2, 0.25) is 5.02 Å². The molecule has 2 amide bonds. The molecule has 4 nitrogen and oxygen atoms in total. The van der Waals surface area contributed by atoms with Crippen LogP contribution in [0.15, 0.2) is 60.7 Å². The number of nitrogens with one attached hydrogen (secondary N) is 2. The Labute approximate surface area is 193 Å². The minimum atomic E-state index is -0.198. The molecule has 5 rings (SSSR count). The number of anilines is 1. The number of hydrogen-bond donors (Lipinski definition) is 2. The molecule has 4 aromatic rings. The van der Waals surface area contributed by atoms with Gasteiger partial charge < -0.3 is 15.2 Å². The molecule has 2 N–H and O–H groups in total. The van der Waals surface area contributed by atoms with Gasteiger partial charge in [0.2, 0.25) is 0 Å². The third-order valence-electron chi connectivity index (χ3n) is 6.37. The van der Waals surface area contributed by atoms with Crippen LogP contribution in [0.5, 0.6) is 0 Å². The van der Waals surface area contributed by atoms with E-state index in [2.05, 4.69) is 54.5 Å². The number of aromatic nitrogens is 1. The van der Waals surface area contributed by atoms with Crippen LogP contribution in [0.4, 0.5) is 10.5 Å². The molecule has 5 heteroatoms. The summed E-state index contributed by atoms with van der Waals surface area (Å²) in [4.78, 5) is 19.0. The Morgan fingerprint density at radius 3 is 2.50 bits per heavy atom. The first-order valence-corrected chi connectivity index (χ1v) is 11.3. The van der Waals surface area contributed by atoms with Gasteiger partial charge in [-0.3, -0.25) is 0 Å². The van der Waals surface area contributed by atoms with Gasteiger partial charge in [0.1, 0.15) is 0 Å². The Morgan fingerprint density at radius 1 is 1.00 bits per heavy atom. The van der Waals surface area contributed by atoms with Crippen molar-refractivity contribution >= 4 is 34.2 Å². The van der Waals surface area contributed by atoms with Gasteiger partial charge in [0.05, 0.1) is 6.04 Å². The number of carbonyl (C=O) groups is 1. The lowest BCUT2D eigenvalue weighted by atomic mass is 9.92. The molecule has 1 aliphatic heterocycles. The predicted molar refractivity (Wildman–Crippen MR) is 132 cm³/mol. The largest absolute Gasteiger partial charge is 0.356 e. The zero-order chi connectivity index (χ0) is 22.4. The van der Waals surface area contributed by atoms with Crippen LogP contribution >= 0.6 is 11.6 Å². The van der Waals surface area contributed by atoms with Crippen LogP contribution in [-0.4, -0.2) is 22.5 Å². The van der Waals surface area contributed by atoms with E-state index in [0.29, 0.717) is 6.54 Å². The van der Waals surface area contributed by atoms with E-state index in [-0.39, 0.29) is 12.1 Å². The number of amides is 2. The molecule has 1 atom stereocenters. The monoisotopic (exact) mass is 443 g/mol. The summed E-state index contributed by atoms with van der Waals surface area (Å²) in [5.41, 5.74) is 8.72. The van der Waals surface area contributed by atoms with Gasteiger partial charge in [-0.15, -0.1) is 0 Å². The van der Waals surface area contributed by atoms with Crippen LogP contribution in [-0.2, 0) is 6.42 Å². The van der Waals surface area contributed by atoms with Crippen molar-refractivity contribution in [2.24, 2.45) is 0 Å². The van der Waals surface area contributed by atoms with Gasteiger partial charge in [-0.05, 0) is 68.1 Å². The number of urea groups is 1. The molecule has 2 heterocycles. The lowest BCUT2D eigenvalue weighted by molar-refractivity contribution is 0.193. The summed E-state index contributed by atoms with van der Waals surface area (Å²) in [6.45, 7) is 6.78. The Hall–Kier alpha value is -3.24. The topological polar surface area (TPSA) is 48.1 Å². The van der Waals surface area contributed by atoms with Crippen LogP contribution in [0, 0.1) is 20.8 Å². The molecular formula is C27H26ClN3O. The van der Waals surface area contributed by atoms with E-state index in [1.165, 1.54) is 16.7 Å². The van der Waals surface area contributed by atoms with Gasteiger partial charge in [0.25, 0.3) is 0 Å². The van der Waals surface area contributed by atoms with Crippen LogP contribution < -0.4 is 5.32 Å². The maximum atomic E-state index is 13.5. The maximum Gasteiger partial charge on any atom is 0.322 e. The van der Waals surface area contributed by atoms with Crippen molar-refractivity contribution < 1.29 is 4.79 Å². The number of H-pyrrole nitrogens is 1. The highest BCUT2D eigenvalue weighted by Crippen LogP contribution is 2.39. The molecule has 32 heavy (non-hydrogen) atoms. The van der Waals surface area contributed by atoms with Gasteiger partial charge in [-0.1, -0.05) is 59.1 Å². The summed E-state index contributed by atoms with van der Waals surface area (Å²) < 4.78 is 0. The highest BCUT2D eigenvalue weighted by Gasteiger charge is 2.34. The molecule has 0 bridgehead atoms. The Bertz CT molecular complexity index is 1320. The van der Waals surface area contributed by atoms with Crippen LogP contribution in [0.1, 0.15) is 39.6 Å². The lowest BCUT2D eigenvalue weighted by Crippen LogP contribution is -2.43. The first-order valence-electron chi connectivity index (χ1n) is 10.9. The van der Waals surface area contributed by atoms with Gasteiger partial charge in [-0.25, -0.2) is 4.79 Å². The van der Waals surface area contributed by atoms with Crippen molar-refractivity contribution in [3.05, 3.63) is 99.2 Å². The first-order chi connectivity index (χ1) is 15.4. The zero-order valence-corrected chi connectivity index (χ0v) is 19.3. The molecule has 0 saturated carbocycles. The van der Waals surface area contributed by atoms with E-state index in [1.807, 2.05) is 42.2 Å². The fraction of sp³-hybridized carbons (Fsp3) is 0.222. The average molecular weight is 444 g/mol. The fourth-order valence-electron chi connectivity index (χ4n) is 4.72. The number of fused-ring (bicyclic) bond motifs is 3. The third-order valence-corrected chi connectivity index (χ3v) is 6.60. The Kier molecular flexibility index (Phi) is 5.18. The van der Waals surface area contributed by atoms with Crippen molar-refractivity contribution in [1.29, 1.82) is 0 Å². The summed E-state index contributed by atoms with van der Waals surface area (Å²) in [6, 6.07) is 20.2. The number of nitrogens with zero attached hydrogens (tertiary/aromatic N) is 1. The standard InChI is InChI=1S/C27H26ClN3O/c1-16-4-7-19(8-5-16)26-25-21(22-15-20(28)9-11-24(22)29-25)12-13-31(26)27(32)30-23-10-6-17(2)14-18(23)3/h4-11,14-15,26,29H,12-13H2,1-3H3,(H,30,32)/t26-/m1/s1. The number of hydrogen-bond acceptors (Lipinski definition) is 1. The van der Waals surface area contributed by atoms with Crippen molar-refractivity contribution in [3.8, 4) is 0 Å². The Morgan fingerprint density at radius 2 is 1.75 bits per heavy atom. The minimum absolute atomic E-state index is 0.0927. The second-order valence-corrected chi connectivity index (χ2v) is 9.15. The second-order valence-electron chi connectivity index (χ2n) is 8.71. The van der Waals surface area contributed by atoms with E-state index in [0.717, 1.165) is 44.9 Å².